The quantitative estimate of drug-likeness (QED) is 0.491. The van der Waals surface area contributed by atoms with Gasteiger partial charge in [-0.3, -0.25) is 0 Å². The highest BCUT2D eigenvalue weighted by Gasteiger charge is 2.10. The van der Waals surface area contributed by atoms with Gasteiger partial charge in [0, 0.05) is 10.6 Å². The van der Waals surface area contributed by atoms with Crippen LogP contribution in [0.2, 0.25) is 0 Å². The fraction of sp³-hybridized carbons (Fsp3) is 0.125. The van der Waals surface area contributed by atoms with E-state index in [9.17, 15) is 0 Å². The Balaban J connectivity index is 2.22. The molecule has 0 aliphatic carbocycles. The van der Waals surface area contributed by atoms with Crippen molar-refractivity contribution in [3.63, 3.8) is 0 Å². The first-order valence-electron chi connectivity index (χ1n) is 5.91. The summed E-state index contributed by atoms with van der Waals surface area (Å²) in [7, 11) is 0. The molecule has 0 aromatic heterocycles. The summed E-state index contributed by atoms with van der Waals surface area (Å²) in [5.41, 5.74) is 9.31. The minimum atomic E-state index is 0.232. The zero-order valence-electron chi connectivity index (χ0n) is 10.5. The van der Waals surface area contributed by atoms with Gasteiger partial charge < -0.3 is 5.73 Å². The number of nitrogens with two attached hydrogens (primary N) is 1. The van der Waals surface area contributed by atoms with Gasteiger partial charge in [-0.05, 0) is 24.6 Å². The van der Waals surface area contributed by atoms with Crippen molar-refractivity contribution in [3.05, 3.63) is 72.3 Å². The fourth-order valence-electron chi connectivity index (χ4n) is 1.73. The lowest BCUT2D eigenvalue weighted by Gasteiger charge is -2.14. The van der Waals surface area contributed by atoms with Crippen LogP contribution in [0.25, 0.3) is 0 Å². The molecular formula is C16H17NS. The van der Waals surface area contributed by atoms with Crippen molar-refractivity contribution in [3.8, 4) is 0 Å². The number of anilines is 1. The average molecular weight is 255 g/mol. The van der Waals surface area contributed by atoms with Crippen LogP contribution in [0, 0.1) is 6.92 Å². The Morgan fingerprint density at radius 1 is 1.11 bits per heavy atom. The smallest absolute Gasteiger partial charge is 0.0522 e. The first-order chi connectivity index (χ1) is 8.70. The van der Waals surface area contributed by atoms with E-state index >= 15 is 0 Å². The van der Waals surface area contributed by atoms with E-state index in [0.717, 1.165) is 10.6 Å². The van der Waals surface area contributed by atoms with Crippen LogP contribution in [0.15, 0.2) is 66.1 Å². The predicted molar refractivity (Wildman–Crippen MR) is 80.8 cm³/mol. The van der Waals surface area contributed by atoms with Crippen LogP contribution in [0.3, 0.4) is 0 Å². The Labute approximate surface area is 113 Å². The van der Waals surface area contributed by atoms with E-state index < -0.39 is 0 Å². The van der Waals surface area contributed by atoms with Crippen molar-refractivity contribution < 1.29 is 0 Å². The van der Waals surface area contributed by atoms with Crippen molar-refractivity contribution in [2.24, 2.45) is 0 Å². The molecule has 2 heteroatoms. The number of hydrogen-bond acceptors (Lipinski definition) is 2. The number of rotatable bonds is 4. The zero-order chi connectivity index (χ0) is 13.0. The van der Waals surface area contributed by atoms with Crippen molar-refractivity contribution in [1.29, 1.82) is 0 Å². The molecular weight excluding hydrogens is 238 g/mol. The number of hydrogen-bond donors (Lipinski definition) is 1. The highest BCUT2D eigenvalue weighted by atomic mass is 32.2. The molecule has 2 N–H and O–H groups in total. The normalized spacial score (nSPS) is 12.1. The standard InChI is InChI=1S/C16H17NS/c1-3-15(13-10-8-12(2)9-11-13)18-16-7-5-4-6-14(16)17/h3-11,15H,1,17H2,2H3/t15-/m1/s1. The van der Waals surface area contributed by atoms with Gasteiger partial charge in [-0.15, -0.1) is 18.3 Å². The Morgan fingerprint density at radius 3 is 2.39 bits per heavy atom. The van der Waals surface area contributed by atoms with E-state index in [4.69, 9.17) is 5.73 Å². The maximum Gasteiger partial charge on any atom is 0.0522 e. The molecule has 0 radical (unpaired) electrons. The van der Waals surface area contributed by atoms with Crippen LogP contribution in [-0.2, 0) is 0 Å². The number of benzene rings is 2. The van der Waals surface area contributed by atoms with Gasteiger partial charge in [0.15, 0.2) is 0 Å². The molecule has 2 rings (SSSR count). The van der Waals surface area contributed by atoms with Gasteiger partial charge in [-0.1, -0.05) is 48.0 Å². The highest BCUT2D eigenvalue weighted by Crippen LogP contribution is 2.38. The third-order valence-corrected chi connectivity index (χ3v) is 4.14. The molecule has 0 heterocycles. The maximum absolute atomic E-state index is 5.97. The summed E-state index contributed by atoms with van der Waals surface area (Å²) in [6.45, 7) is 6.02. The van der Waals surface area contributed by atoms with E-state index in [1.807, 2.05) is 30.3 Å². The molecule has 0 saturated heterocycles. The maximum atomic E-state index is 5.97. The zero-order valence-corrected chi connectivity index (χ0v) is 11.3. The van der Waals surface area contributed by atoms with E-state index in [1.165, 1.54) is 11.1 Å². The summed E-state index contributed by atoms with van der Waals surface area (Å²) >= 11 is 1.73. The van der Waals surface area contributed by atoms with E-state index in [1.54, 1.807) is 11.8 Å². The monoisotopic (exact) mass is 255 g/mol. The molecule has 0 unspecified atom stereocenters. The molecule has 18 heavy (non-hydrogen) atoms. The Bertz CT molecular complexity index is 531. The number of nitrogen functional groups attached to an aromatic ring is 1. The Morgan fingerprint density at radius 2 is 1.78 bits per heavy atom. The largest absolute Gasteiger partial charge is 0.398 e. The Hall–Kier alpha value is -1.67. The predicted octanol–water partition coefficient (Wildman–Crippen LogP) is 4.60. The van der Waals surface area contributed by atoms with Crippen LogP contribution in [0.1, 0.15) is 16.4 Å². The van der Waals surface area contributed by atoms with Gasteiger partial charge in [0.05, 0.1) is 5.25 Å². The van der Waals surface area contributed by atoms with Crippen molar-refractivity contribution in [2.75, 3.05) is 5.73 Å². The molecule has 0 aliphatic heterocycles. The molecule has 0 spiro atoms. The van der Waals surface area contributed by atoms with E-state index in [-0.39, 0.29) is 5.25 Å². The lowest BCUT2D eigenvalue weighted by atomic mass is 10.1. The molecule has 0 amide bonds. The molecule has 2 aromatic rings. The minimum absolute atomic E-state index is 0.232. The van der Waals surface area contributed by atoms with Crippen LogP contribution < -0.4 is 5.73 Å². The van der Waals surface area contributed by atoms with Crippen LogP contribution in [-0.4, -0.2) is 0 Å². The molecule has 1 nitrogen and oxygen atoms in total. The lowest BCUT2D eigenvalue weighted by Crippen LogP contribution is -1.93. The van der Waals surface area contributed by atoms with Gasteiger partial charge >= 0.3 is 0 Å². The van der Waals surface area contributed by atoms with Crippen molar-refractivity contribution in [2.45, 2.75) is 17.1 Å². The number of aryl methyl sites for hydroxylation is 1. The molecule has 0 bridgehead atoms. The topological polar surface area (TPSA) is 26.0 Å². The number of para-hydroxylation sites is 1. The second-order valence-electron chi connectivity index (χ2n) is 4.22. The number of thioether (sulfide) groups is 1. The first kappa shape index (κ1) is 12.8. The summed E-state index contributed by atoms with van der Waals surface area (Å²) in [5.74, 6) is 0. The second kappa shape index (κ2) is 5.78. The van der Waals surface area contributed by atoms with E-state index in [2.05, 4.69) is 37.8 Å². The molecule has 1 atom stereocenters. The third kappa shape index (κ3) is 2.96. The van der Waals surface area contributed by atoms with Crippen LogP contribution >= 0.6 is 11.8 Å². The highest BCUT2D eigenvalue weighted by molar-refractivity contribution is 7.99. The van der Waals surface area contributed by atoms with Gasteiger partial charge in [-0.25, -0.2) is 0 Å². The molecule has 0 aliphatic rings. The molecule has 0 saturated carbocycles. The van der Waals surface area contributed by atoms with Crippen LogP contribution in [0.5, 0.6) is 0 Å². The van der Waals surface area contributed by atoms with Gasteiger partial charge in [-0.2, -0.15) is 0 Å². The lowest BCUT2D eigenvalue weighted by molar-refractivity contribution is 1.22. The van der Waals surface area contributed by atoms with Crippen molar-refractivity contribution in [1.82, 2.24) is 0 Å². The fourth-order valence-corrected chi connectivity index (χ4v) is 2.76. The Kier molecular flexibility index (Phi) is 4.11. The van der Waals surface area contributed by atoms with Gasteiger partial charge in [0.25, 0.3) is 0 Å². The van der Waals surface area contributed by atoms with E-state index in [0.29, 0.717) is 0 Å². The van der Waals surface area contributed by atoms with Gasteiger partial charge in [0.1, 0.15) is 0 Å². The third-order valence-electron chi connectivity index (χ3n) is 2.79. The summed E-state index contributed by atoms with van der Waals surface area (Å²) in [5, 5.41) is 0.232. The average Bonchev–Trinajstić information content (AvgIpc) is 2.39. The second-order valence-corrected chi connectivity index (χ2v) is 5.41. The first-order valence-corrected chi connectivity index (χ1v) is 6.79. The summed E-state index contributed by atoms with van der Waals surface area (Å²) < 4.78 is 0. The van der Waals surface area contributed by atoms with Crippen molar-refractivity contribution >= 4 is 17.4 Å². The summed E-state index contributed by atoms with van der Waals surface area (Å²) in [6.07, 6.45) is 1.96. The molecule has 92 valence electrons. The molecule has 0 fully saturated rings. The SMILES string of the molecule is C=C[C@@H](Sc1ccccc1N)c1ccc(C)cc1. The minimum Gasteiger partial charge on any atom is -0.398 e. The molecule has 2 aromatic carbocycles. The summed E-state index contributed by atoms with van der Waals surface area (Å²) in [4.78, 5) is 1.10. The summed E-state index contributed by atoms with van der Waals surface area (Å²) in [6, 6.07) is 16.5. The van der Waals surface area contributed by atoms with Gasteiger partial charge in [0.2, 0.25) is 0 Å². The van der Waals surface area contributed by atoms with Crippen LogP contribution in [0.4, 0.5) is 5.69 Å².